The molecule has 0 fully saturated rings. The second kappa shape index (κ2) is 7.79. The Bertz CT molecular complexity index is 790. The van der Waals surface area contributed by atoms with Crippen LogP contribution in [0.2, 0.25) is 0 Å². The molecule has 0 saturated carbocycles. The number of ether oxygens (including phenoxy) is 1. The fraction of sp³-hybridized carbons (Fsp3) is 0.316. The Kier molecular flexibility index (Phi) is 5.75. The third-order valence-corrected chi connectivity index (χ3v) is 4.05. The molecule has 1 aromatic heterocycles. The van der Waals surface area contributed by atoms with Crippen LogP contribution in [0.5, 0.6) is 0 Å². The second-order valence-electron chi connectivity index (χ2n) is 5.95. The largest absolute Gasteiger partial charge is 0.467 e. The maximum Gasteiger partial charge on any atom is 0.328 e. The van der Waals surface area contributed by atoms with Crippen LogP contribution in [-0.2, 0) is 27.8 Å². The van der Waals surface area contributed by atoms with Crippen LogP contribution in [0.1, 0.15) is 34.2 Å². The summed E-state index contributed by atoms with van der Waals surface area (Å²) in [4.78, 5) is 36.0. The zero-order chi connectivity index (χ0) is 18.6. The number of benzene rings is 1. The molecule has 132 valence electrons. The van der Waals surface area contributed by atoms with E-state index in [0.717, 1.165) is 5.56 Å². The predicted octanol–water partition coefficient (Wildman–Crippen LogP) is 1.78. The molecule has 0 bridgehead atoms. The highest BCUT2D eigenvalue weighted by atomic mass is 16.5. The third-order valence-electron chi connectivity index (χ3n) is 4.05. The number of esters is 1. The first-order valence-electron chi connectivity index (χ1n) is 7.96. The lowest BCUT2D eigenvalue weighted by Gasteiger charge is -2.12. The number of amides is 1. The maximum atomic E-state index is 12.6. The van der Waals surface area contributed by atoms with Crippen molar-refractivity contribution in [2.24, 2.45) is 7.05 Å². The van der Waals surface area contributed by atoms with E-state index in [1.165, 1.54) is 7.11 Å². The van der Waals surface area contributed by atoms with Gasteiger partial charge in [-0.15, -0.1) is 0 Å². The van der Waals surface area contributed by atoms with Crippen molar-refractivity contribution in [3.63, 3.8) is 0 Å². The van der Waals surface area contributed by atoms with E-state index in [0.29, 0.717) is 17.0 Å². The fourth-order valence-electron chi connectivity index (χ4n) is 2.50. The number of carbonyl (C=O) groups excluding carboxylic acids is 3. The molecule has 0 aliphatic heterocycles. The number of carbonyl (C=O) groups is 3. The number of rotatable bonds is 6. The first-order valence-corrected chi connectivity index (χ1v) is 7.96. The quantitative estimate of drug-likeness (QED) is 0.641. The highest BCUT2D eigenvalue weighted by Gasteiger charge is 2.19. The zero-order valence-electron chi connectivity index (χ0n) is 14.8. The van der Waals surface area contributed by atoms with E-state index < -0.39 is 12.0 Å². The number of hydrogen-bond acceptors (Lipinski definition) is 4. The summed E-state index contributed by atoms with van der Waals surface area (Å²) in [5.74, 6) is -0.916. The van der Waals surface area contributed by atoms with E-state index in [2.05, 4.69) is 10.1 Å². The molecule has 0 spiro atoms. The Hall–Kier alpha value is -2.89. The van der Waals surface area contributed by atoms with Crippen molar-refractivity contribution in [1.29, 1.82) is 0 Å². The van der Waals surface area contributed by atoms with Gasteiger partial charge in [-0.2, -0.15) is 0 Å². The number of aryl methyl sites for hydroxylation is 1. The zero-order valence-corrected chi connectivity index (χ0v) is 14.8. The Morgan fingerprint density at radius 3 is 2.36 bits per heavy atom. The molecule has 1 heterocycles. The Morgan fingerprint density at radius 2 is 1.76 bits per heavy atom. The molecule has 1 atom stereocenters. The van der Waals surface area contributed by atoms with Gasteiger partial charge in [0, 0.05) is 18.3 Å². The van der Waals surface area contributed by atoms with Gasteiger partial charge in [0.1, 0.15) is 6.04 Å². The summed E-state index contributed by atoms with van der Waals surface area (Å²) < 4.78 is 6.28. The van der Waals surface area contributed by atoms with Crippen LogP contribution in [0.15, 0.2) is 36.4 Å². The van der Waals surface area contributed by atoms with Crippen LogP contribution in [0.4, 0.5) is 0 Å². The molecule has 1 amide bonds. The fourth-order valence-corrected chi connectivity index (χ4v) is 2.50. The normalized spacial score (nSPS) is 11.7. The maximum absolute atomic E-state index is 12.6. The van der Waals surface area contributed by atoms with Gasteiger partial charge in [-0.05, 0) is 26.0 Å². The van der Waals surface area contributed by atoms with Gasteiger partial charge < -0.3 is 14.6 Å². The average Bonchev–Trinajstić information content (AvgIpc) is 2.94. The summed E-state index contributed by atoms with van der Waals surface area (Å²) in [5, 5.41) is 2.57. The van der Waals surface area contributed by atoms with Gasteiger partial charge in [0.25, 0.3) is 0 Å². The smallest absolute Gasteiger partial charge is 0.328 e. The van der Waals surface area contributed by atoms with Crippen LogP contribution >= 0.6 is 0 Å². The van der Waals surface area contributed by atoms with E-state index in [4.69, 9.17) is 0 Å². The lowest BCUT2D eigenvalue weighted by Crippen LogP contribution is -2.40. The standard InChI is InChI=1S/C19H22N2O4/c1-12-5-7-14(8-6-12)18(23)16-10-9-15(21(16)3)11-17(22)20-13(2)19(24)25-4/h5-10,13H,11H2,1-4H3,(H,20,22). The van der Waals surface area contributed by atoms with Crippen molar-refractivity contribution >= 4 is 17.7 Å². The van der Waals surface area contributed by atoms with Crippen molar-refractivity contribution in [3.8, 4) is 0 Å². The number of nitrogens with one attached hydrogen (secondary N) is 1. The second-order valence-corrected chi connectivity index (χ2v) is 5.95. The van der Waals surface area contributed by atoms with Gasteiger partial charge in [0.2, 0.25) is 11.7 Å². The number of aromatic nitrogens is 1. The summed E-state index contributed by atoms with van der Waals surface area (Å²) in [6, 6.07) is 10.1. The van der Waals surface area contributed by atoms with Crippen molar-refractivity contribution < 1.29 is 19.1 Å². The highest BCUT2D eigenvalue weighted by Crippen LogP contribution is 2.14. The summed E-state index contributed by atoms with van der Waals surface area (Å²) >= 11 is 0. The monoisotopic (exact) mass is 342 g/mol. The Labute approximate surface area is 146 Å². The topological polar surface area (TPSA) is 77.4 Å². The number of ketones is 1. The molecular weight excluding hydrogens is 320 g/mol. The predicted molar refractivity (Wildman–Crippen MR) is 93.3 cm³/mol. The first-order chi connectivity index (χ1) is 11.8. The summed E-state index contributed by atoms with van der Waals surface area (Å²) in [6.07, 6.45) is 0.0685. The molecule has 25 heavy (non-hydrogen) atoms. The van der Waals surface area contributed by atoms with Gasteiger partial charge in [0.05, 0.1) is 19.2 Å². The van der Waals surface area contributed by atoms with Gasteiger partial charge in [0.15, 0.2) is 0 Å². The number of nitrogens with zero attached hydrogens (tertiary/aromatic N) is 1. The van der Waals surface area contributed by atoms with Crippen LogP contribution < -0.4 is 5.32 Å². The molecule has 1 aromatic carbocycles. The molecule has 6 nitrogen and oxygen atoms in total. The molecule has 0 aliphatic rings. The van der Waals surface area contributed by atoms with Crippen LogP contribution in [0, 0.1) is 6.92 Å². The van der Waals surface area contributed by atoms with Gasteiger partial charge >= 0.3 is 5.97 Å². The lowest BCUT2D eigenvalue weighted by molar-refractivity contribution is -0.144. The van der Waals surface area contributed by atoms with E-state index in [-0.39, 0.29) is 18.1 Å². The van der Waals surface area contributed by atoms with Crippen molar-refractivity contribution in [2.75, 3.05) is 7.11 Å². The molecular formula is C19H22N2O4. The SMILES string of the molecule is COC(=O)C(C)NC(=O)Cc1ccc(C(=O)c2ccc(C)cc2)n1C. The minimum absolute atomic E-state index is 0.0685. The van der Waals surface area contributed by atoms with Gasteiger partial charge in [-0.3, -0.25) is 9.59 Å². The molecule has 1 N–H and O–H groups in total. The molecule has 0 radical (unpaired) electrons. The number of methoxy groups -OCH3 is 1. The van der Waals surface area contributed by atoms with Crippen molar-refractivity contribution in [3.05, 3.63) is 58.9 Å². The summed E-state index contributed by atoms with van der Waals surface area (Å²) in [7, 11) is 3.01. The molecule has 0 saturated heterocycles. The van der Waals surface area contributed by atoms with Gasteiger partial charge in [-0.1, -0.05) is 29.8 Å². The Balaban J connectivity index is 2.10. The molecule has 1 unspecified atom stereocenters. The third kappa shape index (κ3) is 4.35. The van der Waals surface area contributed by atoms with Crippen LogP contribution in [0.3, 0.4) is 0 Å². The Morgan fingerprint density at radius 1 is 1.12 bits per heavy atom. The summed E-state index contributed by atoms with van der Waals surface area (Å²) in [5.41, 5.74) is 2.88. The molecule has 2 rings (SSSR count). The van der Waals surface area contributed by atoms with Crippen molar-refractivity contribution in [2.45, 2.75) is 26.3 Å². The first kappa shape index (κ1) is 18.4. The highest BCUT2D eigenvalue weighted by molar-refractivity contribution is 6.08. The van der Waals surface area contributed by atoms with E-state index in [1.54, 1.807) is 42.8 Å². The van der Waals surface area contributed by atoms with Gasteiger partial charge in [-0.25, -0.2) is 4.79 Å². The minimum atomic E-state index is -0.716. The number of hydrogen-bond donors (Lipinski definition) is 1. The van der Waals surface area contributed by atoms with Crippen LogP contribution in [-0.4, -0.2) is 35.4 Å². The lowest BCUT2D eigenvalue weighted by atomic mass is 10.1. The summed E-state index contributed by atoms with van der Waals surface area (Å²) in [6.45, 7) is 3.52. The molecule has 0 aliphatic carbocycles. The minimum Gasteiger partial charge on any atom is -0.467 e. The van der Waals surface area contributed by atoms with Crippen molar-refractivity contribution in [1.82, 2.24) is 9.88 Å². The average molecular weight is 342 g/mol. The van der Waals surface area contributed by atoms with E-state index in [1.807, 2.05) is 19.1 Å². The molecule has 6 heteroatoms. The van der Waals surface area contributed by atoms with Crippen LogP contribution in [0.25, 0.3) is 0 Å². The molecule has 2 aromatic rings. The van der Waals surface area contributed by atoms with E-state index >= 15 is 0 Å². The van der Waals surface area contributed by atoms with E-state index in [9.17, 15) is 14.4 Å².